The first-order valence-electron chi connectivity index (χ1n) is 13.2. The maximum absolute atomic E-state index is 14.0. The molecule has 0 unspecified atom stereocenters. The van der Waals surface area contributed by atoms with Crippen LogP contribution in [-0.4, -0.2) is 49.6 Å². The number of methoxy groups -OCH3 is 1. The molecule has 4 aromatic rings. The first-order chi connectivity index (χ1) is 19.5. The molecular weight excluding hydrogens is 546 g/mol. The van der Waals surface area contributed by atoms with Crippen LogP contribution in [0.3, 0.4) is 0 Å². The van der Waals surface area contributed by atoms with Crippen LogP contribution in [0.4, 0.5) is 5.69 Å². The second-order valence-electron chi connectivity index (χ2n) is 10.6. The van der Waals surface area contributed by atoms with E-state index in [9.17, 15) is 22.8 Å². The van der Waals surface area contributed by atoms with Crippen LogP contribution in [0.2, 0.25) is 0 Å². The number of anilines is 1. The second-order valence-corrected chi connectivity index (χ2v) is 12.4. The SMILES string of the molecule is CCOC(=O)c1cc2c([C@@H]3C[C@@]34C(=O)N(C)c3cc(OC)ccc34)cn(C)c(=O)c2n1S(=O)(=O)c1ccc(C)cc1. The molecule has 3 heterocycles. The van der Waals surface area contributed by atoms with Crippen molar-refractivity contribution in [2.24, 2.45) is 7.05 Å². The molecule has 2 atom stereocenters. The number of rotatable bonds is 6. The highest BCUT2D eigenvalue weighted by atomic mass is 32.2. The van der Waals surface area contributed by atoms with E-state index in [0.29, 0.717) is 23.1 Å². The molecule has 0 bridgehead atoms. The highest BCUT2D eigenvalue weighted by Gasteiger charge is 2.67. The zero-order chi connectivity index (χ0) is 29.4. The van der Waals surface area contributed by atoms with Crippen molar-refractivity contribution in [2.45, 2.75) is 36.5 Å². The third kappa shape index (κ3) is 3.68. The third-order valence-corrected chi connectivity index (χ3v) is 9.97. The van der Waals surface area contributed by atoms with Gasteiger partial charge in [0.2, 0.25) is 5.91 Å². The number of ether oxygens (including phenoxy) is 2. The Balaban J connectivity index is 1.61. The van der Waals surface area contributed by atoms with Crippen molar-refractivity contribution >= 4 is 38.5 Å². The average Bonchev–Trinajstić information content (AvgIpc) is 3.50. The number of hydrogen-bond acceptors (Lipinski definition) is 7. The molecule has 2 aliphatic rings. The van der Waals surface area contributed by atoms with Crippen molar-refractivity contribution in [3.05, 3.63) is 87.5 Å². The number of benzene rings is 2. The zero-order valence-electron chi connectivity index (χ0n) is 23.3. The summed E-state index contributed by atoms with van der Waals surface area (Å²) in [7, 11) is 0.419. The molecule has 2 aromatic carbocycles. The number of aromatic nitrogens is 2. The molecule has 1 spiro atoms. The van der Waals surface area contributed by atoms with E-state index < -0.39 is 27.0 Å². The van der Waals surface area contributed by atoms with Gasteiger partial charge in [-0.1, -0.05) is 23.8 Å². The molecule has 10 nitrogen and oxygen atoms in total. The Morgan fingerprint density at radius 3 is 2.44 bits per heavy atom. The van der Waals surface area contributed by atoms with Crippen LogP contribution in [0.25, 0.3) is 10.9 Å². The number of aryl methyl sites for hydroxylation is 2. The highest BCUT2D eigenvalue weighted by Crippen LogP contribution is 2.67. The van der Waals surface area contributed by atoms with Crippen molar-refractivity contribution < 1.29 is 27.5 Å². The van der Waals surface area contributed by atoms with Gasteiger partial charge in [0, 0.05) is 37.7 Å². The van der Waals surface area contributed by atoms with Gasteiger partial charge >= 0.3 is 5.97 Å². The van der Waals surface area contributed by atoms with Gasteiger partial charge in [-0.05, 0) is 55.7 Å². The van der Waals surface area contributed by atoms with Crippen molar-refractivity contribution in [3.8, 4) is 5.75 Å². The van der Waals surface area contributed by atoms with Crippen LogP contribution in [0.15, 0.2) is 64.4 Å². The average molecular weight is 576 g/mol. The lowest BCUT2D eigenvalue weighted by molar-refractivity contribution is -0.120. The van der Waals surface area contributed by atoms with Gasteiger partial charge in [0.1, 0.15) is 17.0 Å². The number of pyridine rings is 1. The molecule has 0 saturated heterocycles. The van der Waals surface area contributed by atoms with Gasteiger partial charge in [-0.2, -0.15) is 0 Å². The minimum atomic E-state index is -4.38. The molecule has 1 aliphatic heterocycles. The van der Waals surface area contributed by atoms with E-state index in [-0.39, 0.29) is 34.5 Å². The third-order valence-electron chi connectivity index (χ3n) is 8.24. The first-order valence-corrected chi connectivity index (χ1v) is 14.6. The summed E-state index contributed by atoms with van der Waals surface area (Å²) in [5, 5.41) is 0.297. The Labute approximate surface area is 236 Å². The van der Waals surface area contributed by atoms with E-state index in [4.69, 9.17) is 9.47 Å². The van der Waals surface area contributed by atoms with Crippen molar-refractivity contribution in [1.82, 2.24) is 8.54 Å². The van der Waals surface area contributed by atoms with Gasteiger partial charge in [-0.3, -0.25) is 9.59 Å². The molecule has 0 radical (unpaired) electrons. The predicted octanol–water partition coefficient (Wildman–Crippen LogP) is 3.47. The number of nitrogens with zero attached hydrogens (tertiary/aromatic N) is 3. The molecule has 1 aliphatic carbocycles. The Morgan fingerprint density at radius 2 is 1.78 bits per heavy atom. The van der Waals surface area contributed by atoms with Crippen LogP contribution in [-0.2, 0) is 32.0 Å². The van der Waals surface area contributed by atoms with Crippen LogP contribution in [0.1, 0.15) is 46.4 Å². The number of hydrogen-bond donors (Lipinski definition) is 0. The number of fused-ring (bicyclic) bond motifs is 3. The minimum absolute atomic E-state index is 0.0165. The van der Waals surface area contributed by atoms with Gasteiger partial charge in [0.15, 0.2) is 0 Å². The fourth-order valence-corrected chi connectivity index (χ4v) is 7.59. The van der Waals surface area contributed by atoms with E-state index in [1.54, 1.807) is 44.3 Å². The molecule has 1 fully saturated rings. The Morgan fingerprint density at radius 1 is 1.07 bits per heavy atom. The van der Waals surface area contributed by atoms with Gasteiger partial charge in [0.25, 0.3) is 15.6 Å². The fourth-order valence-electron chi connectivity index (χ4n) is 6.10. The van der Waals surface area contributed by atoms with E-state index in [0.717, 1.165) is 20.8 Å². The summed E-state index contributed by atoms with van der Waals surface area (Å²) in [6, 6.07) is 13.1. The molecule has 1 amide bonds. The number of carbonyl (C=O) groups is 2. The lowest BCUT2D eigenvalue weighted by Gasteiger charge is -2.14. The van der Waals surface area contributed by atoms with E-state index in [1.807, 2.05) is 25.1 Å². The Bertz CT molecular complexity index is 1940. The summed E-state index contributed by atoms with van der Waals surface area (Å²) >= 11 is 0. The summed E-state index contributed by atoms with van der Waals surface area (Å²) < 4.78 is 40.7. The molecule has 11 heteroatoms. The van der Waals surface area contributed by atoms with Crippen LogP contribution < -0.4 is 15.2 Å². The lowest BCUT2D eigenvalue weighted by Crippen LogP contribution is -2.29. The number of likely N-dealkylation sites (N-methyl/N-ethyl adjacent to an activating group) is 1. The maximum atomic E-state index is 14.0. The zero-order valence-corrected chi connectivity index (χ0v) is 24.1. The molecule has 212 valence electrons. The summed E-state index contributed by atoms with van der Waals surface area (Å²) in [6.07, 6.45) is 2.10. The van der Waals surface area contributed by atoms with Crippen molar-refractivity contribution in [2.75, 3.05) is 25.7 Å². The number of amides is 1. The van der Waals surface area contributed by atoms with E-state index >= 15 is 0 Å². The van der Waals surface area contributed by atoms with E-state index in [2.05, 4.69) is 0 Å². The molecule has 6 rings (SSSR count). The topological polar surface area (TPSA) is 117 Å². The van der Waals surface area contributed by atoms with Crippen molar-refractivity contribution in [1.29, 1.82) is 0 Å². The maximum Gasteiger partial charge on any atom is 0.356 e. The summed E-state index contributed by atoms with van der Waals surface area (Å²) in [4.78, 5) is 42.0. The van der Waals surface area contributed by atoms with Crippen LogP contribution in [0, 0.1) is 6.92 Å². The normalized spacial score (nSPS) is 19.6. The van der Waals surface area contributed by atoms with E-state index in [1.165, 1.54) is 29.8 Å². The Hall–Kier alpha value is -4.38. The minimum Gasteiger partial charge on any atom is -0.497 e. The second kappa shape index (κ2) is 9.07. The quantitative estimate of drug-likeness (QED) is 0.323. The number of carbonyl (C=O) groups excluding carboxylic acids is 2. The molecule has 0 N–H and O–H groups in total. The summed E-state index contributed by atoms with van der Waals surface area (Å²) in [5.41, 5.74) is 1.14. The molecule has 41 heavy (non-hydrogen) atoms. The van der Waals surface area contributed by atoms with Gasteiger partial charge < -0.3 is 18.9 Å². The van der Waals surface area contributed by atoms with Crippen molar-refractivity contribution in [3.63, 3.8) is 0 Å². The predicted molar refractivity (Wildman–Crippen MR) is 152 cm³/mol. The Kier molecular flexibility index (Phi) is 5.93. The summed E-state index contributed by atoms with van der Waals surface area (Å²) in [6.45, 7) is 3.46. The highest BCUT2D eigenvalue weighted by molar-refractivity contribution is 7.90. The monoisotopic (exact) mass is 575 g/mol. The smallest absolute Gasteiger partial charge is 0.356 e. The first kappa shape index (κ1) is 26.8. The largest absolute Gasteiger partial charge is 0.497 e. The number of esters is 1. The van der Waals surface area contributed by atoms with Gasteiger partial charge in [-0.15, -0.1) is 0 Å². The molecule has 2 aromatic heterocycles. The lowest BCUT2D eigenvalue weighted by atomic mass is 9.91. The van der Waals surface area contributed by atoms with Crippen LogP contribution in [0.5, 0.6) is 5.75 Å². The van der Waals surface area contributed by atoms with Crippen LogP contribution >= 0.6 is 0 Å². The molecular formula is C30H29N3O7S. The standard InChI is InChI=1S/C30H29N3O7S/c1-6-40-28(35)25-14-20-21(23-15-30(23)22-12-9-18(39-5)13-24(22)32(4)29(30)36)16-31(3)27(34)26(20)33(25)41(37,38)19-10-7-17(2)8-11-19/h7-14,16,23H,6,15H2,1-5H3/t23-,30-/m0/s1. The fraction of sp³-hybridized carbons (Fsp3) is 0.300. The van der Waals surface area contributed by atoms with Gasteiger partial charge in [-0.25, -0.2) is 17.2 Å². The van der Waals surface area contributed by atoms with Gasteiger partial charge in [0.05, 0.1) is 29.7 Å². The molecule has 1 saturated carbocycles. The summed E-state index contributed by atoms with van der Waals surface area (Å²) in [5.74, 6) is -0.689.